The minimum absolute atomic E-state index is 0.348. The van der Waals surface area contributed by atoms with Gasteiger partial charge in [-0.2, -0.15) is 0 Å². The van der Waals surface area contributed by atoms with Crippen molar-refractivity contribution in [1.82, 2.24) is 5.32 Å². The summed E-state index contributed by atoms with van der Waals surface area (Å²) >= 11 is 0. The Morgan fingerprint density at radius 2 is 1.88 bits per heavy atom. The smallest absolute Gasteiger partial charge is 0.122 e. The van der Waals surface area contributed by atoms with Crippen molar-refractivity contribution in [2.24, 2.45) is 5.41 Å². The summed E-state index contributed by atoms with van der Waals surface area (Å²) < 4.78 is 5.32. The van der Waals surface area contributed by atoms with Crippen molar-refractivity contribution >= 4 is 0 Å². The van der Waals surface area contributed by atoms with Crippen molar-refractivity contribution in [3.05, 3.63) is 29.8 Å². The van der Waals surface area contributed by atoms with Gasteiger partial charge in [-0.25, -0.2) is 0 Å². The zero-order valence-electron chi connectivity index (χ0n) is 10.8. The Morgan fingerprint density at radius 3 is 2.50 bits per heavy atom. The normalized spacial score (nSPS) is 11.5. The Bertz CT molecular complexity index is 315. The first kappa shape index (κ1) is 13.0. The Balaban J connectivity index is 2.37. The molecule has 0 aliphatic heterocycles. The summed E-state index contributed by atoms with van der Waals surface area (Å²) in [6, 6.07) is 8.20. The molecule has 0 spiro atoms. The quantitative estimate of drug-likeness (QED) is 0.772. The molecule has 0 unspecified atom stereocenters. The number of ether oxygens (including phenoxy) is 1. The molecular weight excluding hydrogens is 198 g/mol. The van der Waals surface area contributed by atoms with E-state index in [2.05, 4.69) is 38.2 Å². The van der Waals surface area contributed by atoms with Gasteiger partial charge < -0.3 is 10.1 Å². The van der Waals surface area contributed by atoms with Gasteiger partial charge in [0.2, 0.25) is 0 Å². The van der Waals surface area contributed by atoms with Gasteiger partial charge in [0, 0.05) is 6.54 Å². The van der Waals surface area contributed by atoms with Gasteiger partial charge in [-0.3, -0.25) is 0 Å². The van der Waals surface area contributed by atoms with E-state index in [0.717, 1.165) is 25.3 Å². The van der Waals surface area contributed by atoms with Gasteiger partial charge in [0.05, 0.1) is 7.11 Å². The van der Waals surface area contributed by atoms with Crippen LogP contribution in [0.15, 0.2) is 24.3 Å². The van der Waals surface area contributed by atoms with Gasteiger partial charge in [-0.05, 0) is 30.0 Å². The van der Waals surface area contributed by atoms with Crippen molar-refractivity contribution < 1.29 is 4.74 Å². The standard InChI is InChI=1S/C14H23NO/c1-14(2,3)11-15-10-9-12-7-5-6-8-13(12)16-4/h5-8,15H,9-11H2,1-4H3. The zero-order chi connectivity index (χ0) is 12.0. The fourth-order valence-electron chi connectivity index (χ4n) is 1.60. The number of hydrogen-bond donors (Lipinski definition) is 1. The van der Waals surface area contributed by atoms with Crippen LogP contribution in [0.5, 0.6) is 5.75 Å². The second-order valence-corrected chi connectivity index (χ2v) is 5.30. The maximum absolute atomic E-state index is 5.32. The number of hydrogen-bond acceptors (Lipinski definition) is 2. The third kappa shape index (κ3) is 4.67. The lowest BCUT2D eigenvalue weighted by Gasteiger charge is -2.19. The molecule has 0 atom stereocenters. The molecule has 1 aromatic rings. The largest absolute Gasteiger partial charge is 0.496 e. The fraction of sp³-hybridized carbons (Fsp3) is 0.571. The average Bonchev–Trinajstić information content (AvgIpc) is 2.23. The molecule has 0 bridgehead atoms. The van der Waals surface area contributed by atoms with Crippen molar-refractivity contribution in [2.45, 2.75) is 27.2 Å². The van der Waals surface area contributed by atoms with Crippen LogP contribution in [0, 0.1) is 5.41 Å². The van der Waals surface area contributed by atoms with Gasteiger partial charge >= 0.3 is 0 Å². The lowest BCUT2D eigenvalue weighted by molar-refractivity contribution is 0.379. The van der Waals surface area contributed by atoms with Gasteiger partial charge in [0.1, 0.15) is 5.75 Å². The Hall–Kier alpha value is -1.02. The maximum Gasteiger partial charge on any atom is 0.122 e. The third-order valence-electron chi connectivity index (χ3n) is 2.42. The molecule has 0 aliphatic rings. The topological polar surface area (TPSA) is 21.3 Å². The molecule has 0 aliphatic carbocycles. The summed E-state index contributed by atoms with van der Waals surface area (Å²) in [4.78, 5) is 0. The molecule has 1 rings (SSSR count). The van der Waals surface area contributed by atoms with Crippen molar-refractivity contribution in [3.63, 3.8) is 0 Å². The lowest BCUT2D eigenvalue weighted by Crippen LogP contribution is -2.28. The molecular formula is C14H23NO. The second-order valence-electron chi connectivity index (χ2n) is 5.30. The van der Waals surface area contributed by atoms with Crippen LogP contribution in [0.1, 0.15) is 26.3 Å². The van der Waals surface area contributed by atoms with E-state index in [0.29, 0.717) is 5.41 Å². The van der Waals surface area contributed by atoms with Gasteiger partial charge in [0.15, 0.2) is 0 Å². The molecule has 0 aromatic heterocycles. The number of rotatable bonds is 5. The van der Waals surface area contributed by atoms with E-state index in [1.54, 1.807) is 7.11 Å². The Morgan fingerprint density at radius 1 is 1.19 bits per heavy atom. The highest BCUT2D eigenvalue weighted by molar-refractivity contribution is 5.33. The molecule has 0 saturated heterocycles. The minimum Gasteiger partial charge on any atom is -0.496 e. The van der Waals surface area contributed by atoms with E-state index < -0.39 is 0 Å². The number of methoxy groups -OCH3 is 1. The highest BCUT2D eigenvalue weighted by atomic mass is 16.5. The molecule has 90 valence electrons. The predicted molar refractivity (Wildman–Crippen MR) is 69.0 cm³/mol. The highest BCUT2D eigenvalue weighted by Gasteiger charge is 2.08. The first-order chi connectivity index (χ1) is 7.53. The molecule has 0 heterocycles. The van der Waals surface area contributed by atoms with Crippen molar-refractivity contribution in [1.29, 1.82) is 0 Å². The van der Waals surface area contributed by atoms with Crippen LogP contribution in [-0.4, -0.2) is 20.2 Å². The first-order valence-electron chi connectivity index (χ1n) is 5.85. The Labute approximate surface area is 99.0 Å². The fourth-order valence-corrected chi connectivity index (χ4v) is 1.60. The van der Waals surface area contributed by atoms with E-state index in [4.69, 9.17) is 4.74 Å². The number of para-hydroxylation sites is 1. The van der Waals surface area contributed by atoms with Crippen LogP contribution in [0.4, 0.5) is 0 Å². The van der Waals surface area contributed by atoms with E-state index in [1.807, 2.05) is 12.1 Å². The third-order valence-corrected chi connectivity index (χ3v) is 2.42. The summed E-state index contributed by atoms with van der Waals surface area (Å²) in [6.07, 6.45) is 1.01. The molecule has 2 heteroatoms. The van der Waals surface area contributed by atoms with Crippen LogP contribution < -0.4 is 10.1 Å². The molecule has 0 saturated carbocycles. The van der Waals surface area contributed by atoms with Crippen molar-refractivity contribution in [3.8, 4) is 5.75 Å². The monoisotopic (exact) mass is 221 g/mol. The van der Waals surface area contributed by atoms with Gasteiger partial charge in [-0.15, -0.1) is 0 Å². The molecule has 0 fully saturated rings. The van der Waals surface area contributed by atoms with E-state index in [1.165, 1.54) is 5.56 Å². The van der Waals surface area contributed by atoms with Crippen LogP contribution >= 0.6 is 0 Å². The first-order valence-corrected chi connectivity index (χ1v) is 5.85. The summed E-state index contributed by atoms with van der Waals surface area (Å²) in [5.74, 6) is 0.986. The lowest BCUT2D eigenvalue weighted by atomic mass is 9.97. The molecule has 2 nitrogen and oxygen atoms in total. The molecule has 0 radical (unpaired) electrons. The number of benzene rings is 1. The maximum atomic E-state index is 5.32. The van der Waals surface area contributed by atoms with Crippen molar-refractivity contribution in [2.75, 3.05) is 20.2 Å². The summed E-state index contributed by atoms with van der Waals surface area (Å²) in [7, 11) is 1.72. The molecule has 0 amide bonds. The molecule has 1 N–H and O–H groups in total. The highest BCUT2D eigenvalue weighted by Crippen LogP contribution is 2.17. The van der Waals surface area contributed by atoms with Crippen LogP contribution in [0.3, 0.4) is 0 Å². The number of nitrogens with one attached hydrogen (secondary N) is 1. The SMILES string of the molecule is COc1ccccc1CCNCC(C)(C)C. The summed E-state index contributed by atoms with van der Waals surface area (Å²) in [5, 5.41) is 3.47. The summed E-state index contributed by atoms with van der Waals surface area (Å²) in [6.45, 7) is 8.76. The van der Waals surface area contributed by atoms with Crippen LogP contribution in [0.25, 0.3) is 0 Å². The van der Waals surface area contributed by atoms with E-state index in [-0.39, 0.29) is 0 Å². The predicted octanol–water partition coefficient (Wildman–Crippen LogP) is 2.87. The molecule has 16 heavy (non-hydrogen) atoms. The van der Waals surface area contributed by atoms with Gasteiger partial charge in [0.25, 0.3) is 0 Å². The minimum atomic E-state index is 0.348. The van der Waals surface area contributed by atoms with Gasteiger partial charge in [-0.1, -0.05) is 39.0 Å². The van der Waals surface area contributed by atoms with E-state index >= 15 is 0 Å². The van der Waals surface area contributed by atoms with E-state index in [9.17, 15) is 0 Å². The summed E-state index contributed by atoms with van der Waals surface area (Å²) in [5.41, 5.74) is 1.62. The second kappa shape index (κ2) is 5.90. The Kier molecular flexibility index (Phi) is 4.81. The van der Waals surface area contributed by atoms with Crippen LogP contribution in [-0.2, 0) is 6.42 Å². The average molecular weight is 221 g/mol. The van der Waals surface area contributed by atoms with Crippen LogP contribution in [0.2, 0.25) is 0 Å². The zero-order valence-corrected chi connectivity index (χ0v) is 10.8. The molecule has 1 aromatic carbocycles.